The maximum Gasteiger partial charge on any atom is 0.280 e. The lowest BCUT2D eigenvalue weighted by molar-refractivity contribution is -0.124. The van der Waals surface area contributed by atoms with Gasteiger partial charge in [0.05, 0.1) is 0 Å². The number of amides is 2. The van der Waals surface area contributed by atoms with Crippen molar-refractivity contribution in [2.24, 2.45) is 0 Å². The first-order chi connectivity index (χ1) is 14.7. The summed E-state index contributed by atoms with van der Waals surface area (Å²) in [6.45, 7) is 9.92. The number of hydrogen-bond donors (Lipinski definition) is 1. The summed E-state index contributed by atoms with van der Waals surface area (Å²) in [5.41, 5.74) is 3.17. The Hall–Kier alpha value is -3.06. The highest BCUT2D eigenvalue weighted by Crippen LogP contribution is 2.33. The molecule has 0 unspecified atom stereocenters. The maximum absolute atomic E-state index is 13.7. The molecule has 1 aromatic heterocycles. The smallest absolute Gasteiger partial charge is 0.280 e. The monoisotopic (exact) mass is 436 g/mol. The predicted octanol–water partition coefficient (Wildman–Crippen LogP) is 4.85. The first-order valence-electron chi connectivity index (χ1n) is 10.3. The Morgan fingerprint density at radius 2 is 1.81 bits per heavy atom. The molecule has 6 nitrogen and oxygen atoms in total. The number of hydrogen-bond acceptors (Lipinski definition) is 5. The van der Waals surface area contributed by atoms with E-state index in [2.05, 4.69) is 14.9 Å². The topological polar surface area (TPSA) is 75.2 Å². The first-order valence-corrected chi connectivity index (χ1v) is 11.1. The number of aromatic nitrogens is 2. The van der Waals surface area contributed by atoms with Crippen molar-refractivity contribution in [2.75, 3.05) is 4.90 Å². The van der Waals surface area contributed by atoms with Gasteiger partial charge in [0, 0.05) is 16.6 Å². The average molecular weight is 437 g/mol. The number of carbonyl (C=O) groups is 2. The zero-order valence-corrected chi connectivity index (χ0v) is 19.4. The second kappa shape index (κ2) is 9.39. The summed E-state index contributed by atoms with van der Waals surface area (Å²) < 4.78 is 3.85. The van der Waals surface area contributed by atoms with Crippen LogP contribution in [0.5, 0.6) is 0 Å². The summed E-state index contributed by atoms with van der Waals surface area (Å²) in [5.74, 6) is -0.601. The fourth-order valence-electron chi connectivity index (χ4n) is 3.29. The van der Waals surface area contributed by atoms with Crippen molar-refractivity contribution in [3.8, 4) is 0 Å². The molecule has 31 heavy (non-hydrogen) atoms. The molecule has 1 atom stereocenters. The van der Waals surface area contributed by atoms with Crippen molar-refractivity contribution in [3.63, 3.8) is 0 Å². The minimum atomic E-state index is -0.860. The second-order valence-corrected chi connectivity index (χ2v) is 8.83. The molecular formula is C24H28N4O2S. The van der Waals surface area contributed by atoms with Crippen LogP contribution in [0.3, 0.4) is 0 Å². The Morgan fingerprint density at radius 1 is 1.10 bits per heavy atom. The Labute approximate surface area is 187 Å². The molecule has 3 aromatic rings. The van der Waals surface area contributed by atoms with E-state index in [9.17, 15) is 9.59 Å². The molecule has 7 heteroatoms. The Balaban J connectivity index is 2.21. The van der Waals surface area contributed by atoms with Crippen molar-refractivity contribution in [2.45, 2.75) is 52.6 Å². The van der Waals surface area contributed by atoms with E-state index in [1.807, 2.05) is 83.1 Å². The van der Waals surface area contributed by atoms with Gasteiger partial charge in [-0.3, -0.25) is 14.5 Å². The summed E-state index contributed by atoms with van der Waals surface area (Å²) in [5, 5.41) is 8.72. The highest BCUT2D eigenvalue weighted by molar-refractivity contribution is 7.03. The molecule has 0 aliphatic carbocycles. The number of benzene rings is 2. The summed E-state index contributed by atoms with van der Waals surface area (Å²) in [6.07, 6.45) is 0.758. The fourth-order valence-corrected chi connectivity index (χ4v) is 3.72. The standard InChI is InChI=1S/C24H28N4O2S/c1-6-24(4,5)25-22(29)21(18-12-8-7-9-13-18)28(23(30)19-15-31-27-26-19)20-14-10-11-16(2)17(20)3/h7-15,21H,6H2,1-5H3,(H,25,29)/t21-/m1/s1. The van der Waals surface area contributed by atoms with Crippen LogP contribution < -0.4 is 10.2 Å². The number of rotatable bonds is 7. The third-order valence-corrected chi connectivity index (χ3v) is 6.11. The SMILES string of the molecule is CCC(C)(C)NC(=O)[C@@H](c1ccccc1)N(C(=O)c1csnn1)c1cccc(C)c1C. The molecule has 0 aliphatic rings. The quantitative estimate of drug-likeness (QED) is 0.575. The van der Waals surface area contributed by atoms with Gasteiger partial charge in [0.1, 0.15) is 6.04 Å². The summed E-state index contributed by atoms with van der Waals surface area (Å²) in [6, 6.07) is 14.3. The third-order valence-electron chi connectivity index (χ3n) is 5.60. The van der Waals surface area contributed by atoms with Crippen LogP contribution in [0.2, 0.25) is 0 Å². The van der Waals surface area contributed by atoms with Gasteiger partial charge >= 0.3 is 0 Å². The molecule has 1 N–H and O–H groups in total. The van der Waals surface area contributed by atoms with Crippen LogP contribution in [0.25, 0.3) is 0 Å². The summed E-state index contributed by atoms with van der Waals surface area (Å²) in [7, 11) is 0. The van der Waals surface area contributed by atoms with Crippen LogP contribution in [-0.4, -0.2) is 26.9 Å². The van der Waals surface area contributed by atoms with Crippen molar-refractivity contribution in [3.05, 3.63) is 76.3 Å². The van der Waals surface area contributed by atoms with Crippen LogP contribution in [-0.2, 0) is 4.79 Å². The van der Waals surface area contributed by atoms with Gasteiger partial charge in [-0.05, 0) is 68.4 Å². The highest BCUT2D eigenvalue weighted by atomic mass is 32.1. The molecule has 3 rings (SSSR count). The lowest BCUT2D eigenvalue weighted by Crippen LogP contribution is -2.50. The van der Waals surface area contributed by atoms with Gasteiger partial charge in [-0.1, -0.05) is 53.9 Å². The van der Waals surface area contributed by atoms with E-state index in [0.717, 1.165) is 34.6 Å². The minimum Gasteiger partial charge on any atom is -0.349 e. The molecule has 0 saturated carbocycles. The highest BCUT2D eigenvalue weighted by Gasteiger charge is 2.36. The molecule has 0 fully saturated rings. The van der Waals surface area contributed by atoms with Gasteiger partial charge in [-0.25, -0.2) is 0 Å². The van der Waals surface area contributed by atoms with E-state index < -0.39 is 11.6 Å². The number of nitrogens with one attached hydrogen (secondary N) is 1. The van der Waals surface area contributed by atoms with Crippen molar-refractivity contribution in [1.82, 2.24) is 14.9 Å². The van der Waals surface area contributed by atoms with E-state index in [0.29, 0.717) is 5.69 Å². The molecule has 2 amide bonds. The summed E-state index contributed by atoms with van der Waals surface area (Å²) >= 11 is 1.11. The first kappa shape index (κ1) is 22.6. The normalized spacial score (nSPS) is 12.3. The van der Waals surface area contributed by atoms with Gasteiger partial charge in [-0.2, -0.15) is 0 Å². The average Bonchev–Trinajstić information content (AvgIpc) is 3.29. The van der Waals surface area contributed by atoms with Crippen LogP contribution >= 0.6 is 11.5 Å². The largest absolute Gasteiger partial charge is 0.349 e. The lowest BCUT2D eigenvalue weighted by atomic mass is 9.97. The minimum absolute atomic E-state index is 0.217. The Kier molecular flexibility index (Phi) is 6.85. The van der Waals surface area contributed by atoms with Gasteiger partial charge in [-0.15, -0.1) is 5.10 Å². The molecule has 0 bridgehead atoms. The van der Waals surface area contributed by atoms with Crippen LogP contribution in [0.4, 0.5) is 5.69 Å². The zero-order chi connectivity index (χ0) is 22.6. The lowest BCUT2D eigenvalue weighted by Gasteiger charge is -2.35. The number of anilines is 1. The van der Waals surface area contributed by atoms with Crippen LogP contribution in [0.1, 0.15) is 60.4 Å². The van der Waals surface area contributed by atoms with Crippen molar-refractivity contribution in [1.29, 1.82) is 0 Å². The van der Waals surface area contributed by atoms with Crippen molar-refractivity contribution < 1.29 is 9.59 Å². The number of nitrogens with zero attached hydrogens (tertiary/aromatic N) is 3. The molecule has 162 valence electrons. The van der Waals surface area contributed by atoms with Gasteiger partial charge < -0.3 is 5.32 Å². The molecular weight excluding hydrogens is 408 g/mol. The molecule has 0 spiro atoms. The molecule has 2 aromatic carbocycles. The maximum atomic E-state index is 13.7. The molecule has 0 radical (unpaired) electrons. The fraction of sp³-hybridized carbons (Fsp3) is 0.333. The Morgan fingerprint density at radius 3 is 2.42 bits per heavy atom. The van der Waals surface area contributed by atoms with E-state index in [-0.39, 0.29) is 17.5 Å². The number of carbonyl (C=O) groups excluding carboxylic acids is 2. The van der Waals surface area contributed by atoms with Gasteiger partial charge in [0.25, 0.3) is 5.91 Å². The van der Waals surface area contributed by atoms with E-state index >= 15 is 0 Å². The predicted molar refractivity (Wildman–Crippen MR) is 124 cm³/mol. The van der Waals surface area contributed by atoms with Gasteiger partial charge in [0.2, 0.25) is 5.91 Å². The van der Waals surface area contributed by atoms with Crippen molar-refractivity contribution >= 4 is 29.0 Å². The zero-order valence-electron chi connectivity index (χ0n) is 18.5. The van der Waals surface area contributed by atoms with Crippen LogP contribution in [0, 0.1) is 13.8 Å². The molecule has 0 saturated heterocycles. The molecule has 1 heterocycles. The second-order valence-electron chi connectivity index (χ2n) is 8.22. The van der Waals surface area contributed by atoms with E-state index in [1.54, 1.807) is 10.3 Å². The van der Waals surface area contributed by atoms with Crippen LogP contribution in [0.15, 0.2) is 53.9 Å². The van der Waals surface area contributed by atoms with E-state index in [4.69, 9.17) is 0 Å². The number of aryl methyl sites for hydroxylation is 1. The van der Waals surface area contributed by atoms with Gasteiger partial charge in [0.15, 0.2) is 5.69 Å². The summed E-state index contributed by atoms with van der Waals surface area (Å²) in [4.78, 5) is 28.9. The third kappa shape index (κ3) is 4.99. The molecule has 0 aliphatic heterocycles. The van der Waals surface area contributed by atoms with E-state index in [1.165, 1.54) is 0 Å². The Bertz CT molecular complexity index is 1050.